The summed E-state index contributed by atoms with van der Waals surface area (Å²) in [5, 5.41) is 0. The molecule has 0 saturated heterocycles. The van der Waals surface area contributed by atoms with Crippen molar-refractivity contribution in [2.45, 2.75) is 33.1 Å². The van der Waals surface area contributed by atoms with E-state index in [0.29, 0.717) is 6.42 Å². The zero-order valence-electron chi connectivity index (χ0n) is 8.80. The monoisotopic (exact) mass is 208 g/mol. The van der Waals surface area contributed by atoms with Crippen LogP contribution in [0.3, 0.4) is 0 Å². The smallest absolute Gasteiger partial charge is 0.173 e. The Balaban J connectivity index is 2.56. The quantitative estimate of drug-likeness (QED) is 0.530. The third-order valence-electron chi connectivity index (χ3n) is 2.06. The second-order valence-electron chi connectivity index (χ2n) is 3.50. The topological polar surface area (TPSA) is 17.1 Å². The number of hydrogen-bond donors (Lipinski definition) is 0. The molecular formula is C12H16OS. The zero-order chi connectivity index (χ0) is 10.6. The van der Waals surface area contributed by atoms with E-state index in [9.17, 15) is 4.79 Å². The average Bonchev–Trinajstić information content (AvgIpc) is 2.62. The first-order chi connectivity index (χ1) is 6.63. The normalized spacial score (nSPS) is 10.1. The van der Waals surface area contributed by atoms with Crippen LogP contribution in [-0.4, -0.2) is 5.78 Å². The molecule has 0 aliphatic heterocycles. The van der Waals surface area contributed by atoms with Gasteiger partial charge in [0.2, 0.25) is 0 Å². The van der Waals surface area contributed by atoms with Crippen molar-refractivity contribution < 1.29 is 4.79 Å². The Bertz CT molecular complexity index is 336. The third-order valence-corrected chi connectivity index (χ3v) is 3.33. The van der Waals surface area contributed by atoms with Crippen LogP contribution in [0.25, 0.3) is 0 Å². The van der Waals surface area contributed by atoms with Crippen LogP contribution in [0, 0.1) is 0 Å². The van der Waals surface area contributed by atoms with Crippen LogP contribution < -0.4 is 0 Å². The van der Waals surface area contributed by atoms with Crippen LogP contribution in [0.1, 0.15) is 41.2 Å². The first-order valence-electron chi connectivity index (χ1n) is 4.89. The lowest BCUT2D eigenvalue weighted by atomic mass is 10.1. The van der Waals surface area contributed by atoms with Gasteiger partial charge in [-0.05, 0) is 31.9 Å². The number of ketones is 1. The van der Waals surface area contributed by atoms with Gasteiger partial charge in [-0.3, -0.25) is 4.79 Å². The van der Waals surface area contributed by atoms with Crippen molar-refractivity contribution in [2.75, 3.05) is 0 Å². The number of thiophene rings is 1. The molecule has 14 heavy (non-hydrogen) atoms. The average molecular weight is 208 g/mol. The molecule has 0 aromatic carbocycles. The lowest BCUT2D eigenvalue weighted by Gasteiger charge is -1.96. The van der Waals surface area contributed by atoms with E-state index in [0.717, 1.165) is 23.3 Å². The van der Waals surface area contributed by atoms with Gasteiger partial charge in [0.15, 0.2) is 5.78 Å². The summed E-state index contributed by atoms with van der Waals surface area (Å²) in [6, 6.07) is 3.98. The first-order valence-corrected chi connectivity index (χ1v) is 5.71. The molecule has 0 aliphatic carbocycles. The third kappa shape index (κ3) is 3.11. The minimum Gasteiger partial charge on any atom is -0.293 e. The molecular weight excluding hydrogens is 192 g/mol. The standard InChI is InChI=1S/C12H16OS/c1-4-10-6-8-12(14-10)11(13)7-5-9(2)3/h6,8H,2,4-5,7H2,1,3H3. The molecule has 2 heteroatoms. The van der Waals surface area contributed by atoms with E-state index >= 15 is 0 Å². The van der Waals surface area contributed by atoms with Crippen LogP contribution in [0.2, 0.25) is 0 Å². The van der Waals surface area contributed by atoms with Gasteiger partial charge in [-0.15, -0.1) is 17.9 Å². The fourth-order valence-electron chi connectivity index (χ4n) is 1.17. The Kier molecular flexibility index (Phi) is 4.08. The van der Waals surface area contributed by atoms with Crippen LogP contribution in [-0.2, 0) is 6.42 Å². The largest absolute Gasteiger partial charge is 0.293 e. The Morgan fingerprint density at radius 1 is 1.43 bits per heavy atom. The second kappa shape index (κ2) is 5.11. The van der Waals surface area contributed by atoms with Crippen molar-refractivity contribution in [1.29, 1.82) is 0 Å². The fourth-order valence-corrected chi connectivity index (χ4v) is 2.08. The lowest BCUT2D eigenvalue weighted by molar-refractivity contribution is 0.0986. The summed E-state index contributed by atoms with van der Waals surface area (Å²) in [5.41, 5.74) is 1.07. The van der Waals surface area contributed by atoms with Gasteiger partial charge >= 0.3 is 0 Å². The minimum atomic E-state index is 0.248. The van der Waals surface area contributed by atoms with Crippen molar-refractivity contribution in [3.05, 3.63) is 34.0 Å². The molecule has 1 nitrogen and oxygen atoms in total. The van der Waals surface area contributed by atoms with Crippen molar-refractivity contribution >= 4 is 17.1 Å². The van der Waals surface area contributed by atoms with Crippen LogP contribution >= 0.6 is 11.3 Å². The zero-order valence-corrected chi connectivity index (χ0v) is 9.62. The van der Waals surface area contributed by atoms with Gasteiger partial charge in [0.25, 0.3) is 0 Å². The maximum absolute atomic E-state index is 11.6. The molecule has 1 aromatic heterocycles. The summed E-state index contributed by atoms with van der Waals surface area (Å²) in [4.78, 5) is 13.8. The van der Waals surface area contributed by atoms with E-state index in [1.807, 2.05) is 19.1 Å². The van der Waals surface area contributed by atoms with Gasteiger partial charge in [-0.2, -0.15) is 0 Å². The highest BCUT2D eigenvalue weighted by atomic mass is 32.1. The number of carbonyl (C=O) groups excluding carboxylic acids is 1. The number of aryl methyl sites for hydroxylation is 1. The number of Topliss-reactive ketones (excluding diaryl/α,β-unsaturated/α-hetero) is 1. The summed E-state index contributed by atoms with van der Waals surface area (Å²) >= 11 is 1.61. The van der Waals surface area contributed by atoms with Crippen molar-refractivity contribution in [3.8, 4) is 0 Å². The van der Waals surface area contributed by atoms with Crippen LogP contribution in [0.15, 0.2) is 24.3 Å². The summed E-state index contributed by atoms with van der Waals surface area (Å²) in [7, 11) is 0. The fraction of sp³-hybridized carbons (Fsp3) is 0.417. The van der Waals surface area contributed by atoms with Gasteiger partial charge in [0.1, 0.15) is 0 Å². The highest BCUT2D eigenvalue weighted by Crippen LogP contribution is 2.19. The van der Waals surface area contributed by atoms with E-state index in [2.05, 4.69) is 13.5 Å². The van der Waals surface area contributed by atoms with Gasteiger partial charge < -0.3 is 0 Å². The molecule has 0 atom stereocenters. The van der Waals surface area contributed by atoms with Crippen molar-refractivity contribution in [3.63, 3.8) is 0 Å². The first kappa shape index (κ1) is 11.2. The molecule has 0 aliphatic rings. The minimum absolute atomic E-state index is 0.248. The summed E-state index contributed by atoms with van der Waals surface area (Å²) in [6.45, 7) is 7.86. The molecule has 0 spiro atoms. The number of carbonyl (C=O) groups is 1. The van der Waals surface area contributed by atoms with E-state index in [-0.39, 0.29) is 5.78 Å². The Hall–Kier alpha value is -0.890. The summed E-state index contributed by atoms with van der Waals surface area (Å²) in [5.74, 6) is 0.248. The second-order valence-corrected chi connectivity index (χ2v) is 4.67. The van der Waals surface area contributed by atoms with Crippen molar-refractivity contribution in [2.24, 2.45) is 0 Å². The molecule has 0 unspecified atom stereocenters. The summed E-state index contributed by atoms with van der Waals surface area (Å²) < 4.78 is 0. The number of rotatable bonds is 5. The van der Waals surface area contributed by atoms with Gasteiger partial charge in [-0.25, -0.2) is 0 Å². The Morgan fingerprint density at radius 2 is 2.14 bits per heavy atom. The highest BCUT2D eigenvalue weighted by Gasteiger charge is 2.08. The van der Waals surface area contributed by atoms with Crippen LogP contribution in [0.4, 0.5) is 0 Å². The molecule has 1 rings (SSSR count). The van der Waals surface area contributed by atoms with Crippen molar-refractivity contribution in [1.82, 2.24) is 0 Å². The predicted molar refractivity (Wildman–Crippen MR) is 62.1 cm³/mol. The lowest BCUT2D eigenvalue weighted by Crippen LogP contribution is -1.95. The maximum atomic E-state index is 11.6. The molecule has 1 aromatic rings. The van der Waals surface area contributed by atoms with Gasteiger partial charge in [-0.1, -0.05) is 12.5 Å². The highest BCUT2D eigenvalue weighted by molar-refractivity contribution is 7.14. The van der Waals surface area contributed by atoms with E-state index in [1.165, 1.54) is 4.88 Å². The molecule has 0 bridgehead atoms. The maximum Gasteiger partial charge on any atom is 0.173 e. The van der Waals surface area contributed by atoms with E-state index < -0.39 is 0 Å². The predicted octanol–water partition coefficient (Wildman–Crippen LogP) is 3.85. The molecule has 0 amide bonds. The molecule has 0 N–H and O–H groups in total. The molecule has 0 radical (unpaired) electrons. The Morgan fingerprint density at radius 3 is 2.64 bits per heavy atom. The number of allylic oxidation sites excluding steroid dienone is 1. The van der Waals surface area contributed by atoms with E-state index in [4.69, 9.17) is 0 Å². The molecule has 76 valence electrons. The van der Waals surface area contributed by atoms with Gasteiger partial charge in [0.05, 0.1) is 4.88 Å². The SMILES string of the molecule is C=C(C)CCC(=O)c1ccc(CC)s1. The van der Waals surface area contributed by atoms with Crippen LogP contribution in [0.5, 0.6) is 0 Å². The number of hydrogen-bond acceptors (Lipinski definition) is 2. The molecule has 1 heterocycles. The molecule has 0 saturated carbocycles. The molecule has 0 fully saturated rings. The van der Waals surface area contributed by atoms with E-state index in [1.54, 1.807) is 11.3 Å². The summed E-state index contributed by atoms with van der Waals surface area (Å²) in [6.07, 6.45) is 2.41. The van der Waals surface area contributed by atoms with Gasteiger partial charge in [0, 0.05) is 11.3 Å². The Labute approximate surface area is 89.5 Å².